The molecule has 0 aliphatic carbocycles. The van der Waals surface area contributed by atoms with Crippen molar-refractivity contribution in [1.29, 1.82) is 0 Å². The van der Waals surface area contributed by atoms with Crippen LogP contribution in [0.1, 0.15) is 16.7 Å². The Morgan fingerprint density at radius 2 is 1.81 bits per heavy atom. The highest BCUT2D eigenvalue weighted by Gasteiger charge is 2.24. The Kier molecular flexibility index (Phi) is 4.66. The maximum Gasteiger partial charge on any atom is 0.336 e. The van der Waals surface area contributed by atoms with Crippen LogP contribution in [0.3, 0.4) is 0 Å². The molecule has 2 heterocycles. The van der Waals surface area contributed by atoms with E-state index in [1.54, 1.807) is 13.2 Å². The highest BCUT2D eigenvalue weighted by molar-refractivity contribution is 5.96. The lowest BCUT2D eigenvalue weighted by Gasteiger charge is -2.32. The number of hydrogen-bond donors (Lipinski definition) is 0. The van der Waals surface area contributed by atoms with Crippen molar-refractivity contribution in [3.05, 3.63) is 87.8 Å². The van der Waals surface area contributed by atoms with Crippen LogP contribution in [0, 0.1) is 13.8 Å². The van der Waals surface area contributed by atoms with E-state index in [4.69, 9.17) is 13.9 Å². The molecule has 156 valence electrons. The molecule has 5 heteroatoms. The van der Waals surface area contributed by atoms with Crippen molar-refractivity contribution in [2.24, 2.45) is 0 Å². The molecule has 0 bridgehead atoms. The number of ether oxygens (including phenoxy) is 2. The Morgan fingerprint density at radius 1 is 1.00 bits per heavy atom. The fourth-order valence-corrected chi connectivity index (χ4v) is 4.18. The third-order valence-electron chi connectivity index (χ3n) is 6.02. The molecule has 0 radical (unpaired) electrons. The molecule has 3 aromatic carbocycles. The highest BCUT2D eigenvalue weighted by Crippen LogP contribution is 2.38. The standard InChI is InChI=1S/C26H23NO4/c1-16-5-4-6-23(17(16)2)27-14-22-24(30-15-27)12-11-20-21(13-25(28)31-26(20)22)18-7-9-19(29-3)10-8-18/h4-13H,14-15H2,1-3H3. The number of anilines is 1. The first-order valence-corrected chi connectivity index (χ1v) is 10.2. The number of hydrogen-bond acceptors (Lipinski definition) is 5. The first kappa shape index (κ1) is 19.2. The van der Waals surface area contributed by atoms with Crippen molar-refractivity contribution in [3.63, 3.8) is 0 Å². The second-order valence-electron chi connectivity index (χ2n) is 7.82. The molecule has 5 nitrogen and oxygen atoms in total. The van der Waals surface area contributed by atoms with Gasteiger partial charge in [0.25, 0.3) is 0 Å². The summed E-state index contributed by atoms with van der Waals surface area (Å²) >= 11 is 0. The summed E-state index contributed by atoms with van der Waals surface area (Å²) in [6, 6.07) is 19.4. The zero-order valence-electron chi connectivity index (χ0n) is 17.8. The number of nitrogens with zero attached hydrogens (tertiary/aromatic N) is 1. The van der Waals surface area contributed by atoms with Crippen molar-refractivity contribution in [1.82, 2.24) is 0 Å². The second-order valence-corrected chi connectivity index (χ2v) is 7.82. The van der Waals surface area contributed by atoms with Gasteiger partial charge in [0.05, 0.1) is 19.2 Å². The van der Waals surface area contributed by atoms with E-state index >= 15 is 0 Å². The molecule has 5 rings (SSSR count). The molecule has 0 spiro atoms. The molecule has 1 aliphatic heterocycles. The fraction of sp³-hybridized carbons (Fsp3) is 0.192. The summed E-state index contributed by atoms with van der Waals surface area (Å²) in [4.78, 5) is 14.7. The second kappa shape index (κ2) is 7.51. The average molecular weight is 413 g/mol. The van der Waals surface area contributed by atoms with Crippen LogP contribution in [0.25, 0.3) is 22.1 Å². The van der Waals surface area contributed by atoms with E-state index in [0.29, 0.717) is 18.9 Å². The van der Waals surface area contributed by atoms with E-state index < -0.39 is 0 Å². The van der Waals surface area contributed by atoms with Crippen LogP contribution < -0.4 is 20.0 Å². The molecule has 0 fully saturated rings. The average Bonchev–Trinajstić information content (AvgIpc) is 2.80. The fourth-order valence-electron chi connectivity index (χ4n) is 4.18. The van der Waals surface area contributed by atoms with Gasteiger partial charge in [-0.15, -0.1) is 0 Å². The van der Waals surface area contributed by atoms with Crippen LogP contribution in [0.5, 0.6) is 11.5 Å². The van der Waals surface area contributed by atoms with E-state index in [9.17, 15) is 4.79 Å². The molecule has 0 N–H and O–H groups in total. The lowest BCUT2D eigenvalue weighted by molar-refractivity contribution is 0.289. The summed E-state index contributed by atoms with van der Waals surface area (Å²) in [5.74, 6) is 1.52. The van der Waals surface area contributed by atoms with Crippen LogP contribution in [0.4, 0.5) is 5.69 Å². The summed E-state index contributed by atoms with van der Waals surface area (Å²) in [6.45, 7) is 5.27. The van der Waals surface area contributed by atoms with Gasteiger partial charge in [-0.1, -0.05) is 24.3 Å². The summed E-state index contributed by atoms with van der Waals surface area (Å²) in [5.41, 5.74) is 6.42. The molecule has 0 amide bonds. The molecule has 4 aromatic rings. The van der Waals surface area contributed by atoms with Gasteiger partial charge in [-0.2, -0.15) is 0 Å². The van der Waals surface area contributed by atoms with Crippen molar-refractivity contribution in [3.8, 4) is 22.6 Å². The third kappa shape index (κ3) is 3.32. The zero-order chi connectivity index (χ0) is 21.5. The third-order valence-corrected chi connectivity index (χ3v) is 6.02. The van der Waals surface area contributed by atoms with Crippen LogP contribution in [0.2, 0.25) is 0 Å². The van der Waals surface area contributed by atoms with Gasteiger partial charge in [-0.25, -0.2) is 4.79 Å². The Labute approximate surface area is 180 Å². The number of aryl methyl sites for hydroxylation is 1. The Morgan fingerprint density at radius 3 is 2.58 bits per heavy atom. The van der Waals surface area contributed by atoms with Gasteiger partial charge in [0, 0.05) is 17.1 Å². The highest BCUT2D eigenvalue weighted by atomic mass is 16.5. The molecule has 0 saturated heterocycles. The number of methoxy groups -OCH3 is 1. The Bertz CT molecular complexity index is 1340. The lowest BCUT2D eigenvalue weighted by atomic mass is 9.98. The monoisotopic (exact) mass is 413 g/mol. The molecule has 0 unspecified atom stereocenters. The minimum atomic E-state index is -0.379. The van der Waals surface area contributed by atoms with Crippen LogP contribution in [-0.4, -0.2) is 13.8 Å². The molecule has 1 aromatic heterocycles. The smallest absolute Gasteiger partial charge is 0.336 e. The molecular formula is C26H23NO4. The maximum absolute atomic E-state index is 12.5. The summed E-state index contributed by atoms with van der Waals surface area (Å²) in [6.07, 6.45) is 0. The molecule has 0 atom stereocenters. The van der Waals surface area contributed by atoms with Gasteiger partial charge in [-0.05, 0) is 66.4 Å². The summed E-state index contributed by atoms with van der Waals surface area (Å²) < 4.78 is 17.0. The van der Waals surface area contributed by atoms with Gasteiger partial charge in [0.15, 0.2) is 6.73 Å². The van der Waals surface area contributed by atoms with E-state index in [1.165, 1.54) is 11.1 Å². The predicted molar refractivity (Wildman–Crippen MR) is 122 cm³/mol. The number of rotatable bonds is 3. The van der Waals surface area contributed by atoms with Gasteiger partial charge in [0.1, 0.15) is 17.1 Å². The summed E-state index contributed by atoms with van der Waals surface area (Å²) in [5, 5.41) is 0.884. The number of benzene rings is 3. The molecule has 31 heavy (non-hydrogen) atoms. The largest absolute Gasteiger partial charge is 0.497 e. The minimum Gasteiger partial charge on any atom is -0.497 e. The van der Waals surface area contributed by atoms with Gasteiger partial charge in [0.2, 0.25) is 0 Å². The molecule has 0 saturated carbocycles. The van der Waals surface area contributed by atoms with E-state index in [1.807, 2.05) is 36.4 Å². The topological polar surface area (TPSA) is 51.9 Å². The van der Waals surface area contributed by atoms with Crippen molar-refractivity contribution in [2.75, 3.05) is 18.7 Å². The van der Waals surface area contributed by atoms with E-state index in [0.717, 1.165) is 39.3 Å². The summed E-state index contributed by atoms with van der Waals surface area (Å²) in [7, 11) is 1.63. The number of fused-ring (bicyclic) bond motifs is 3. The lowest BCUT2D eigenvalue weighted by Crippen LogP contribution is -2.32. The van der Waals surface area contributed by atoms with Crippen LogP contribution >= 0.6 is 0 Å². The Balaban J connectivity index is 1.64. The van der Waals surface area contributed by atoms with Crippen molar-refractivity contribution >= 4 is 16.7 Å². The first-order valence-electron chi connectivity index (χ1n) is 10.2. The van der Waals surface area contributed by atoms with Crippen molar-refractivity contribution in [2.45, 2.75) is 20.4 Å². The van der Waals surface area contributed by atoms with E-state index in [2.05, 4.69) is 36.9 Å². The SMILES string of the molecule is COc1ccc(-c2cc(=O)oc3c4c(ccc23)OCN(c2cccc(C)c2C)C4)cc1. The van der Waals surface area contributed by atoms with Gasteiger partial charge < -0.3 is 18.8 Å². The van der Waals surface area contributed by atoms with Crippen LogP contribution in [-0.2, 0) is 6.54 Å². The molecular weight excluding hydrogens is 390 g/mol. The minimum absolute atomic E-state index is 0.379. The quantitative estimate of drug-likeness (QED) is 0.419. The predicted octanol–water partition coefficient (Wildman–Crippen LogP) is 5.44. The zero-order valence-corrected chi connectivity index (χ0v) is 17.8. The van der Waals surface area contributed by atoms with Gasteiger partial charge in [-0.3, -0.25) is 0 Å². The first-order chi connectivity index (χ1) is 15.0. The van der Waals surface area contributed by atoms with E-state index in [-0.39, 0.29) is 5.63 Å². The van der Waals surface area contributed by atoms with Crippen molar-refractivity contribution < 1.29 is 13.9 Å². The normalized spacial score (nSPS) is 13.1. The van der Waals surface area contributed by atoms with Crippen LogP contribution in [0.15, 0.2) is 69.9 Å². The van der Waals surface area contributed by atoms with Gasteiger partial charge >= 0.3 is 5.63 Å². The molecule has 1 aliphatic rings. The Hall–Kier alpha value is -3.73. The maximum atomic E-state index is 12.5.